The number of aromatic nitrogens is 3. The van der Waals surface area contributed by atoms with Gasteiger partial charge in [0.2, 0.25) is 0 Å². The first-order valence-corrected chi connectivity index (χ1v) is 15.4. The SMILES string of the molecule is C=CC[Si](C)(Cn1cncn1)C[Si](CC=C)(c1ccccc1)c1ccc(F)cc1. The lowest BCUT2D eigenvalue weighted by Crippen LogP contribution is -2.63. The summed E-state index contributed by atoms with van der Waals surface area (Å²) in [6.45, 7) is 10.6. The van der Waals surface area contributed by atoms with Gasteiger partial charge in [0.05, 0.1) is 8.07 Å². The van der Waals surface area contributed by atoms with Crippen molar-refractivity contribution in [1.29, 1.82) is 0 Å². The van der Waals surface area contributed by atoms with E-state index in [1.54, 1.807) is 24.8 Å². The summed E-state index contributed by atoms with van der Waals surface area (Å²) in [4.78, 5) is 4.13. The number of halogens is 1. The van der Waals surface area contributed by atoms with Crippen molar-refractivity contribution in [3.63, 3.8) is 0 Å². The third kappa shape index (κ3) is 4.89. The molecule has 0 saturated carbocycles. The Bertz CT molecular complexity index is 929. The van der Waals surface area contributed by atoms with Crippen LogP contribution in [0.4, 0.5) is 4.39 Å². The molecule has 1 heterocycles. The molecule has 3 aromatic rings. The predicted molar refractivity (Wildman–Crippen MR) is 124 cm³/mol. The molecule has 0 fully saturated rings. The van der Waals surface area contributed by atoms with Gasteiger partial charge in [-0.1, -0.05) is 77.2 Å². The fourth-order valence-corrected chi connectivity index (χ4v) is 18.2. The van der Waals surface area contributed by atoms with E-state index in [4.69, 9.17) is 0 Å². The smallest absolute Gasteiger partial charge is 0.137 e. The van der Waals surface area contributed by atoms with E-state index in [2.05, 4.69) is 60.1 Å². The first-order valence-electron chi connectivity index (χ1n) is 9.87. The third-order valence-electron chi connectivity index (χ3n) is 5.59. The Labute approximate surface area is 174 Å². The van der Waals surface area contributed by atoms with Crippen molar-refractivity contribution in [2.45, 2.75) is 30.5 Å². The van der Waals surface area contributed by atoms with Crippen LogP contribution in [-0.2, 0) is 6.17 Å². The lowest BCUT2D eigenvalue weighted by Gasteiger charge is -2.39. The summed E-state index contributed by atoms with van der Waals surface area (Å²) in [5, 5.41) is 6.99. The van der Waals surface area contributed by atoms with E-state index in [9.17, 15) is 4.39 Å². The lowest BCUT2D eigenvalue weighted by molar-refractivity contribution is 0.628. The number of hydrogen-bond acceptors (Lipinski definition) is 2. The van der Waals surface area contributed by atoms with Crippen molar-refractivity contribution in [3.05, 3.63) is 98.4 Å². The standard InChI is InChI=1S/C23H28FN3Si2/c1-4-15-28(3,19-27-18-25-17-26-27)20-29(16-5-2,22-9-7-6-8-10-22)23-13-11-21(24)12-14-23/h4-14,17-18H,1-2,15-16,19-20H2,3H3. The van der Waals surface area contributed by atoms with Gasteiger partial charge in [-0.25, -0.2) is 9.37 Å². The molecule has 3 rings (SSSR count). The Balaban J connectivity index is 2.13. The van der Waals surface area contributed by atoms with Crippen molar-refractivity contribution in [2.24, 2.45) is 0 Å². The van der Waals surface area contributed by atoms with Crippen LogP contribution in [0.25, 0.3) is 0 Å². The monoisotopic (exact) mass is 421 g/mol. The van der Waals surface area contributed by atoms with Gasteiger partial charge in [-0.15, -0.1) is 13.2 Å². The summed E-state index contributed by atoms with van der Waals surface area (Å²) in [7, 11) is -4.05. The summed E-state index contributed by atoms with van der Waals surface area (Å²) >= 11 is 0. The molecule has 0 radical (unpaired) electrons. The van der Waals surface area contributed by atoms with Gasteiger partial charge < -0.3 is 0 Å². The van der Waals surface area contributed by atoms with E-state index in [1.165, 1.54) is 10.4 Å². The zero-order chi connectivity index (χ0) is 20.7. The first-order chi connectivity index (χ1) is 14.0. The fraction of sp³-hybridized carbons (Fsp3) is 0.217. The second-order valence-corrected chi connectivity index (χ2v) is 17.5. The van der Waals surface area contributed by atoms with Gasteiger partial charge >= 0.3 is 0 Å². The molecule has 2 aromatic carbocycles. The average molecular weight is 422 g/mol. The molecule has 0 bridgehead atoms. The van der Waals surface area contributed by atoms with Crippen LogP contribution in [0.15, 0.2) is 92.6 Å². The molecule has 6 heteroatoms. The van der Waals surface area contributed by atoms with Crippen LogP contribution in [0, 0.1) is 5.82 Å². The van der Waals surface area contributed by atoms with Gasteiger partial charge in [0.25, 0.3) is 0 Å². The molecular weight excluding hydrogens is 393 g/mol. The summed E-state index contributed by atoms with van der Waals surface area (Å²) in [5.41, 5.74) is 1.10. The fourth-order valence-electron chi connectivity index (χ4n) is 4.43. The largest absolute Gasteiger partial charge is 0.256 e. The van der Waals surface area contributed by atoms with Crippen molar-refractivity contribution in [3.8, 4) is 0 Å². The van der Waals surface area contributed by atoms with Gasteiger partial charge in [-0.2, -0.15) is 5.10 Å². The molecule has 150 valence electrons. The number of hydrogen-bond donors (Lipinski definition) is 0. The highest BCUT2D eigenvalue weighted by Crippen LogP contribution is 2.28. The van der Waals surface area contributed by atoms with Crippen LogP contribution in [-0.4, -0.2) is 30.9 Å². The maximum Gasteiger partial charge on any atom is 0.137 e. The maximum absolute atomic E-state index is 13.7. The van der Waals surface area contributed by atoms with Crippen molar-refractivity contribution in [1.82, 2.24) is 14.8 Å². The number of allylic oxidation sites excluding steroid dienone is 2. The summed E-state index contributed by atoms with van der Waals surface area (Å²) < 4.78 is 15.7. The molecular formula is C23H28FN3Si2. The zero-order valence-electron chi connectivity index (χ0n) is 17.0. The van der Waals surface area contributed by atoms with Crippen LogP contribution in [0.3, 0.4) is 0 Å². The quantitative estimate of drug-likeness (QED) is 0.363. The third-order valence-corrected chi connectivity index (χ3v) is 17.6. The number of benzene rings is 2. The van der Waals surface area contributed by atoms with Crippen molar-refractivity contribution >= 4 is 26.5 Å². The van der Waals surface area contributed by atoms with E-state index in [0.717, 1.165) is 23.9 Å². The van der Waals surface area contributed by atoms with Crippen LogP contribution < -0.4 is 10.4 Å². The van der Waals surface area contributed by atoms with Gasteiger partial charge in [-0.05, 0) is 24.2 Å². The Morgan fingerprint density at radius 1 is 0.966 bits per heavy atom. The highest BCUT2D eigenvalue weighted by atomic mass is 28.4. The minimum absolute atomic E-state index is 0.197. The average Bonchev–Trinajstić information content (AvgIpc) is 3.21. The van der Waals surface area contributed by atoms with Crippen LogP contribution >= 0.6 is 0 Å². The molecule has 29 heavy (non-hydrogen) atoms. The van der Waals surface area contributed by atoms with Gasteiger partial charge in [0.15, 0.2) is 0 Å². The number of nitrogens with zero attached hydrogens (tertiary/aromatic N) is 3. The van der Waals surface area contributed by atoms with E-state index < -0.39 is 16.1 Å². The highest BCUT2D eigenvalue weighted by Gasteiger charge is 2.43. The van der Waals surface area contributed by atoms with Crippen LogP contribution in [0.1, 0.15) is 0 Å². The van der Waals surface area contributed by atoms with Crippen LogP contribution in [0.5, 0.6) is 0 Å². The minimum Gasteiger partial charge on any atom is -0.256 e. The Kier molecular flexibility index (Phi) is 6.77. The molecule has 2 unspecified atom stereocenters. The normalized spacial score (nSPS) is 15.2. The topological polar surface area (TPSA) is 30.7 Å². The molecule has 0 aliphatic rings. The Morgan fingerprint density at radius 3 is 2.21 bits per heavy atom. The lowest BCUT2D eigenvalue weighted by atomic mass is 10.3. The van der Waals surface area contributed by atoms with Crippen molar-refractivity contribution < 1.29 is 4.39 Å². The molecule has 0 aliphatic carbocycles. The first kappa shape index (κ1) is 21.1. The summed E-state index contributed by atoms with van der Waals surface area (Å²) in [6.07, 6.45) is 8.37. The maximum atomic E-state index is 13.7. The molecule has 0 saturated heterocycles. The van der Waals surface area contributed by atoms with E-state index in [1.807, 2.05) is 29.0 Å². The van der Waals surface area contributed by atoms with Crippen molar-refractivity contribution in [2.75, 3.05) is 0 Å². The minimum atomic E-state index is -2.21. The second-order valence-electron chi connectivity index (χ2n) is 8.02. The second kappa shape index (κ2) is 9.28. The van der Waals surface area contributed by atoms with E-state index >= 15 is 0 Å². The van der Waals surface area contributed by atoms with Gasteiger partial charge in [0.1, 0.15) is 26.5 Å². The van der Waals surface area contributed by atoms with E-state index in [-0.39, 0.29) is 5.82 Å². The summed E-state index contributed by atoms with van der Waals surface area (Å²) in [6, 6.07) is 19.8. The molecule has 3 nitrogen and oxygen atoms in total. The predicted octanol–water partition coefficient (Wildman–Crippen LogP) is 4.21. The molecule has 0 amide bonds. The molecule has 0 aliphatic heterocycles. The van der Waals surface area contributed by atoms with E-state index in [0.29, 0.717) is 0 Å². The molecule has 2 atom stereocenters. The molecule has 0 N–H and O–H groups in total. The van der Waals surface area contributed by atoms with Gasteiger partial charge in [0, 0.05) is 6.17 Å². The Hall–Kier alpha value is -2.58. The highest BCUT2D eigenvalue weighted by molar-refractivity contribution is 7.10. The zero-order valence-corrected chi connectivity index (χ0v) is 19.0. The molecule has 1 aromatic heterocycles. The van der Waals surface area contributed by atoms with Gasteiger partial charge in [-0.3, -0.25) is 4.68 Å². The van der Waals surface area contributed by atoms with Crippen LogP contribution in [0.2, 0.25) is 24.3 Å². The Morgan fingerprint density at radius 2 is 1.62 bits per heavy atom. The number of rotatable bonds is 10. The molecule has 0 spiro atoms. The summed E-state index contributed by atoms with van der Waals surface area (Å²) in [5.74, 6) is -0.197.